The van der Waals surface area contributed by atoms with Gasteiger partial charge in [0.1, 0.15) is 5.54 Å². The van der Waals surface area contributed by atoms with Gasteiger partial charge in [0, 0.05) is 13.3 Å². The molecule has 2 atom stereocenters. The molecule has 0 aliphatic heterocycles. The van der Waals surface area contributed by atoms with E-state index in [2.05, 4.69) is 5.32 Å². The molecule has 1 amide bonds. The zero-order valence-electron chi connectivity index (χ0n) is 7.22. The van der Waals surface area contributed by atoms with Gasteiger partial charge < -0.3 is 5.32 Å². The first-order chi connectivity index (χ1) is 5.65. The number of rotatable bonds is 1. The third-order valence-electron chi connectivity index (χ3n) is 3.20. The Labute approximate surface area is 71.5 Å². The van der Waals surface area contributed by atoms with Crippen molar-refractivity contribution in [2.24, 2.45) is 5.92 Å². The quantitative estimate of drug-likeness (QED) is 0.622. The van der Waals surface area contributed by atoms with Crippen LogP contribution in [-0.4, -0.2) is 17.2 Å². The van der Waals surface area contributed by atoms with Crippen molar-refractivity contribution in [3.8, 4) is 0 Å². The SMILES string of the molecule is CC(=O)N[C@@]12CC[C@@H]1CCC2=O. The second kappa shape index (κ2) is 2.31. The highest BCUT2D eigenvalue weighted by Gasteiger charge is 2.56. The van der Waals surface area contributed by atoms with Gasteiger partial charge in [-0.3, -0.25) is 9.59 Å². The van der Waals surface area contributed by atoms with Crippen LogP contribution >= 0.6 is 0 Å². The third-order valence-corrected chi connectivity index (χ3v) is 3.20. The van der Waals surface area contributed by atoms with Gasteiger partial charge in [-0.1, -0.05) is 0 Å². The van der Waals surface area contributed by atoms with Gasteiger partial charge >= 0.3 is 0 Å². The highest BCUT2D eigenvalue weighted by atomic mass is 16.2. The molecule has 0 spiro atoms. The minimum atomic E-state index is -0.425. The largest absolute Gasteiger partial charge is 0.344 e. The average molecular weight is 167 g/mol. The lowest BCUT2D eigenvalue weighted by Crippen LogP contribution is -2.61. The zero-order chi connectivity index (χ0) is 8.77. The number of nitrogens with one attached hydrogen (secondary N) is 1. The average Bonchev–Trinajstić information content (AvgIpc) is 2.13. The molecule has 2 aliphatic rings. The van der Waals surface area contributed by atoms with Crippen LogP contribution in [0.1, 0.15) is 32.6 Å². The van der Waals surface area contributed by atoms with Crippen LogP contribution in [0.4, 0.5) is 0 Å². The van der Waals surface area contributed by atoms with E-state index in [4.69, 9.17) is 0 Å². The molecule has 0 bridgehead atoms. The van der Waals surface area contributed by atoms with Gasteiger partial charge in [-0.2, -0.15) is 0 Å². The van der Waals surface area contributed by atoms with Crippen LogP contribution < -0.4 is 5.32 Å². The topological polar surface area (TPSA) is 46.2 Å². The van der Waals surface area contributed by atoms with Gasteiger partial charge in [0.15, 0.2) is 5.78 Å². The van der Waals surface area contributed by atoms with Gasteiger partial charge in [-0.05, 0) is 25.2 Å². The van der Waals surface area contributed by atoms with Crippen molar-refractivity contribution in [1.29, 1.82) is 0 Å². The lowest BCUT2D eigenvalue weighted by Gasteiger charge is -2.43. The summed E-state index contributed by atoms with van der Waals surface area (Å²) in [5.41, 5.74) is -0.425. The summed E-state index contributed by atoms with van der Waals surface area (Å²) in [6, 6.07) is 0. The molecule has 0 aromatic heterocycles. The van der Waals surface area contributed by atoms with Crippen molar-refractivity contribution in [1.82, 2.24) is 5.32 Å². The van der Waals surface area contributed by atoms with Gasteiger partial charge in [-0.25, -0.2) is 0 Å². The normalized spacial score (nSPS) is 38.8. The Morgan fingerprint density at radius 2 is 2.33 bits per heavy atom. The number of carbonyl (C=O) groups is 2. The molecule has 2 rings (SSSR count). The van der Waals surface area contributed by atoms with Gasteiger partial charge in [0.25, 0.3) is 0 Å². The van der Waals surface area contributed by atoms with Crippen LogP contribution in [0.15, 0.2) is 0 Å². The standard InChI is InChI=1S/C9H13NO2/c1-6(11)10-9-5-4-7(9)2-3-8(9)12/h7H,2-5H2,1H3,(H,10,11)/t7-,9-/m0/s1. The second-order valence-electron chi connectivity index (χ2n) is 3.85. The summed E-state index contributed by atoms with van der Waals surface area (Å²) in [5.74, 6) is 0.609. The van der Waals surface area contributed by atoms with Crippen LogP contribution in [-0.2, 0) is 9.59 Å². The number of Topliss-reactive ketones (excluding diaryl/α,β-unsaturated/α-hetero) is 1. The van der Waals surface area contributed by atoms with Crippen molar-refractivity contribution in [2.45, 2.75) is 38.1 Å². The van der Waals surface area contributed by atoms with E-state index in [1.807, 2.05) is 0 Å². The van der Waals surface area contributed by atoms with Crippen LogP contribution in [0.3, 0.4) is 0 Å². The number of carbonyl (C=O) groups excluding carboxylic acids is 2. The number of hydrogen-bond donors (Lipinski definition) is 1. The Bertz CT molecular complexity index is 249. The van der Waals surface area contributed by atoms with Crippen molar-refractivity contribution in [3.63, 3.8) is 0 Å². The summed E-state index contributed by atoms with van der Waals surface area (Å²) < 4.78 is 0. The second-order valence-corrected chi connectivity index (χ2v) is 3.85. The Kier molecular flexibility index (Phi) is 1.50. The predicted molar refractivity (Wildman–Crippen MR) is 43.5 cm³/mol. The zero-order valence-corrected chi connectivity index (χ0v) is 7.22. The molecule has 2 aliphatic carbocycles. The van der Waals surface area contributed by atoms with E-state index in [-0.39, 0.29) is 11.7 Å². The predicted octanol–water partition coefficient (Wildman–Crippen LogP) is 0.634. The molecule has 3 heteroatoms. The summed E-state index contributed by atoms with van der Waals surface area (Å²) in [6.45, 7) is 1.48. The van der Waals surface area contributed by atoms with Crippen LogP contribution in [0.25, 0.3) is 0 Å². The molecule has 0 saturated heterocycles. The van der Waals surface area contributed by atoms with Crippen LogP contribution in [0.5, 0.6) is 0 Å². The molecule has 0 heterocycles. The number of fused-ring (bicyclic) bond motifs is 1. The highest BCUT2D eigenvalue weighted by molar-refractivity contribution is 5.95. The molecule has 0 aromatic carbocycles. The van der Waals surface area contributed by atoms with Crippen LogP contribution in [0, 0.1) is 5.92 Å². The molecule has 0 aromatic rings. The first-order valence-corrected chi connectivity index (χ1v) is 4.47. The van der Waals surface area contributed by atoms with Gasteiger partial charge in [0.2, 0.25) is 5.91 Å². The van der Waals surface area contributed by atoms with E-state index in [0.717, 1.165) is 19.3 Å². The van der Waals surface area contributed by atoms with E-state index in [1.165, 1.54) is 6.92 Å². The van der Waals surface area contributed by atoms with Gasteiger partial charge in [0.05, 0.1) is 0 Å². The number of amides is 1. The van der Waals surface area contributed by atoms with E-state index in [1.54, 1.807) is 0 Å². The van der Waals surface area contributed by atoms with Crippen molar-refractivity contribution < 1.29 is 9.59 Å². The van der Waals surface area contributed by atoms with E-state index in [0.29, 0.717) is 12.3 Å². The minimum absolute atomic E-state index is 0.0741. The fourth-order valence-electron chi connectivity index (χ4n) is 2.47. The van der Waals surface area contributed by atoms with E-state index < -0.39 is 5.54 Å². The summed E-state index contributed by atoms with van der Waals surface area (Å²) in [4.78, 5) is 22.3. The van der Waals surface area contributed by atoms with Crippen LogP contribution in [0.2, 0.25) is 0 Å². The molecule has 0 radical (unpaired) electrons. The molecule has 2 saturated carbocycles. The summed E-state index contributed by atoms with van der Waals surface area (Å²) in [5, 5.41) is 2.82. The lowest BCUT2D eigenvalue weighted by molar-refractivity contribution is -0.134. The molecule has 1 N–H and O–H groups in total. The fourth-order valence-corrected chi connectivity index (χ4v) is 2.47. The first kappa shape index (κ1) is 7.77. The Morgan fingerprint density at radius 1 is 1.58 bits per heavy atom. The maximum atomic E-state index is 11.5. The Morgan fingerprint density at radius 3 is 2.75 bits per heavy atom. The summed E-state index contributed by atoms with van der Waals surface area (Å²) in [6.07, 6.45) is 3.59. The molecule has 2 fully saturated rings. The Balaban J connectivity index is 2.17. The summed E-state index contributed by atoms with van der Waals surface area (Å²) >= 11 is 0. The highest BCUT2D eigenvalue weighted by Crippen LogP contribution is 2.48. The molecule has 3 nitrogen and oxygen atoms in total. The molecule has 66 valence electrons. The smallest absolute Gasteiger partial charge is 0.217 e. The molecular weight excluding hydrogens is 154 g/mol. The van der Waals surface area contributed by atoms with Crippen molar-refractivity contribution in [3.05, 3.63) is 0 Å². The lowest BCUT2D eigenvalue weighted by atomic mass is 9.68. The Hall–Kier alpha value is -0.860. The first-order valence-electron chi connectivity index (χ1n) is 4.47. The molecular formula is C9H13NO2. The van der Waals surface area contributed by atoms with Gasteiger partial charge in [-0.15, -0.1) is 0 Å². The fraction of sp³-hybridized carbons (Fsp3) is 0.778. The third kappa shape index (κ3) is 0.822. The van der Waals surface area contributed by atoms with E-state index in [9.17, 15) is 9.59 Å². The maximum Gasteiger partial charge on any atom is 0.217 e. The molecule has 0 unspecified atom stereocenters. The number of ketones is 1. The number of hydrogen-bond acceptors (Lipinski definition) is 2. The maximum absolute atomic E-state index is 11.5. The van der Waals surface area contributed by atoms with Crippen molar-refractivity contribution >= 4 is 11.7 Å². The van der Waals surface area contributed by atoms with E-state index >= 15 is 0 Å². The minimum Gasteiger partial charge on any atom is -0.344 e. The van der Waals surface area contributed by atoms with Crippen molar-refractivity contribution in [2.75, 3.05) is 0 Å². The monoisotopic (exact) mass is 167 g/mol. The molecule has 12 heavy (non-hydrogen) atoms. The summed E-state index contributed by atoms with van der Waals surface area (Å²) in [7, 11) is 0.